The van der Waals surface area contributed by atoms with Crippen LogP contribution in [0.1, 0.15) is 0 Å². The van der Waals surface area contributed by atoms with Gasteiger partial charge in [-0.05, 0) is 15.9 Å². The van der Waals surface area contributed by atoms with Crippen LogP contribution >= 0.6 is 15.9 Å². The maximum atomic E-state index is 12.8. The van der Waals surface area contributed by atoms with E-state index in [2.05, 4.69) is 15.9 Å². The van der Waals surface area contributed by atoms with Gasteiger partial charge >= 0.3 is 7.12 Å². The van der Waals surface area contributed by atoms with Gasteiger partial charge in [-0.2, -0.15) is 0 Å². The van der Waals surface area contributed by atoms with Gasteiger partial charge in [-0.3, -0.25) is 0 Å². The molecule has 0 amide bonds. The Bertz CT molecular complexity index is 356. The van der Waals surface area contributed by atoms with Gasteiger partial charge in [0.1, 0.15) is 0 Å². The van der Waals surface area contributed by atoms with Gasteiger partial charge in [0.25, 0.3) is 0 Å². The fraction of sp³-hybridized carbons (Fsp3) is 0. The Morgan fingerprint density at radius 1 is 0.857 bits per heavy atom. The summed E-state index contributed by atoms with van der Waals surface area (Å²) in [4.78, 5) is 0. The van der Waals surface area contributed by atoms with Crippen LogP contribution < -0.4 is 5.46 Å². The van der Waals surface area contributed by atoms with E-state index >= 15 is 0 Å². The lowest BCUT2D eigenvalue weighted by Gasteiger charge is -2.07. The molecule has 0 fully saturated rings. The third-order valence-corrected chi connectivity index (χ3v) is 2.20. The van der Waals surface area contributed by atoms with Crippen molar-refractivity contribution in [3.63, 3.8) is 0 Å². The lowest BCUT2D eigenvalue weighted by Crippen LogP contribution is -2.37. The Hall–Kier alpha value is -0.595. The predicted octanol–water partition coefficient (Wildman–Crippen LogP) is 0.685. The van der Waals surface area contributed by atoms with Crippen molar-refractivity contribution in [1.29, 1.82) is 0 Å². The maximum absolute atomic E-state index is 12.8. The van der Waals surface area contributed by atoms with Crippen LogP contribution in [-0.4, -0.2) is 17.2 Å². The highest BCUT2D eigenvalue weighted by Crippen LogP contribution is 2.23. The molecule has 14 heavy (non-hydrogen) atoms. The molecule has 1 aromatic rings. The summed E-state index contributed by atoms with van der Waals surface area (Å²) in [6.07, 6.45) is 0. The molecule has 0 radical (unpaired) electrons. The average Bonchev–Trinajstić information content (AvgIpc) is 2.11. The third-order valence-electron chi connectivity index (χ3n) is 1.50. The van der Waals surface area contributed by atoms with E-state index in [1.807, 2.05) is 0 Å². The first-order chi connectivity index (χ1) is 6.37. The quantitative estimate of drug-likeness (QED) is 0.342. The molecule has 0 aliphatic heterocycles. The van der Waals surface area contributed by atoms with Crippen LogP contribution in [0.15, 0.2) is 4.47 Å². The van der Waals surface area contributed by atoms with Crippen molar-refractivity contribution < 1.29 is 27.6 Å². The van der Waals surface area contributed by atoms with Crippen LogP contribution in [-0.2, 0) is 0 Å². The fourth-order valence-corrected chi connectivity index (χ4v) is 1.20. The summed E-state index contributed by atoms with van der Waals surface area (Å²) in [5, 5.41) is 16.9. The monoisotopic (exact) mass is 272 g/mol. The summed E-state index contributed by atoms with van der Waals surface area (Å²) < 4.78 is 50.1. The molecule has 0 spiro atoms. The SMILES string of the molecule is OB(O)c1c(F)c(F)c(Br)c(F)c1F. The molecule has 1 rings (SSSR count). The number of rotatable bonds is 1. The molecule has 0 saturated heterocycles. The zero-order valence-electron chi connectivity index (χ0n) is 6.36. The van der Waals surface area contributed by atoms with Gasteiger partial charge in [0.15, 0.2) is 23.3 Å². The van der Waals surface area contributed by atoms with Crippen LogP contribution in [0.4, 0.5) is 17.6 Å². The Morgan fingerprint density at radius 3 is 1.50 bits per heavy atom. The maximum Gasteiger partial charge on any atom is 0.494 e. The first kappa shape index (κ1) is 11.5. The summed E-state index contributed by atoms with van der Waals surface area (Å²) >= 11 is 2.27. The molecule has 0 aromatic heterocycles. The summed E-state index contributed by atoms with van der Waals surface area (Å²) in [6.45, 7) is 0. The normalized spacial score (nSPS) is 10.5. The van der Waals surface area contributed by atoms with Gasteiger partial charge in [0.05, 0.1) is 9.94 Å². The molecule has 0 heterocycles. The van der Waals surface area contributed by atoms with Crippen LogP contribution in [0.5, 0.6) is 0 Å². The minimum absolute atomic E-state index is 1.03. The number of halogens is 5. The van der Waals surface area contributed by atoms with Crippen molar-refractivity contribution in [2.75, 3.05) is 0 Å². The van der Waals surface area contributed by atoms with Crippen molar-refractivity contribution in [2.45, 2.75) is 0 Å². The molecule has 8 heteroatoms. The predicted molar refractivity (Wildman–Crippen MR) is 43.8 cm³/mol. The summed E-state index contributed by atoms with van der Waals surface area (Å²) in [5.74, 6) is -7.12. The van der Waals surface area contributed by atoms with Gasteiger partial charge < -0.3 is 10.0 Å². The van der Waals surface area contributed by atoms with E-state index in [-0.39, 0.29) is 0 Å². The Balaban J connectivity index is 3.60. The first-order valence-electron chi connectivity index (χ1n) is 3.25. The highest BCUT2D eigenvalue weighted by Gasteiger charge is 2.30. The topological polar surface area (TPSA) is 40.5 Å². The second-order valence-electron chi connectivity index (χ2n) is 2.36. The molecule has 0 unspecified atom stereocenters. The molecule has 2 N–H and O–H groups in total. The van der Waals surface area contributed by atoms with Gasteiger partial charge in [-0.15, -0.1) is 0 Å². The fourth-order valence-electron chi connectivity index (χ4n) is 0.849. The van der Waals surface area contributed by atoms with Gasteiger partial charge in [0, 0.05) is 0 Å². The van der Waals surface area contributed by atoms with E-state index in [0.29, 0.717) is 0 Å². The van der Waals surface area contributed by atoms with Crippen molar-refractivity contribution >= 4 is 28.5 Å². The van der Waals surface area contributed by atoms with E-state index in [9.17, 15) is 17.6 Å². The number of hydrogen-bond donors (Lipinski definition) is 2. The van der Waals surface area contributed by atoms with E-state index in [1.54, 1.807) is 0 Å². The van der Waals surface area contributed by atoms with E-state index in [0.717, 1.165) is 0 Å². The van der Waals surface area contributed by atoms with Crippen LogP contribution in [0.25, 0.3) is 0 Å². The van der Waals surface area contributed by atoms with Crippen LogP contribution in [0, 0.1) is 23.3 Å². The minimum atomic E-state index is -2.62. The Kier molecular flexibility index (Phi) is 3.18. The zero-order chi connectivity index (χ0) is 11.0. The molecule has 0 bridgehead atoms. The highest BCUT2D eigenvalue weighted by atomic mass is 79.9. The molecule has 2 nitrogen and oxygen atoms in total. The van der Waals surface area contributed by atoms with E-state index in [1.165, 1.54) is 0 Å². The van der Waals surface area contributed by atoms with Gasteiger partial charge in [0.2, 0.25) is 0 Å². The first-order valence-corrected chi connectivity index (χ1v) is 4.04. The molecule has 1 aromatic carbocycles. The van der Waals surface area contributed by atoms with Gasteiger partial charge in [-0.25, -0.2) is 17.6 Å². The number of hydrogen-bond acceptors (Lipinski definition) is 2. The molecular weight excluding hydrogens is 271 g/mol. The highest BCUT2D eigenvalue weighted by molar-refractivity contribution is 9.10. The molecule has 0 saturated carbocycles. The van der Waals surface area contributed by atoms with Crippen molar-refractivity contribution in [3.8, 4) is 0 Å². The lowest BCUT2D eigenvalue weighted by molar-refractivity contribution is 0.406. The van der Waals surface area contributed by atoms with Crippen LogP contribution in [0.3, 0.4) is 0 Å². The van der Waals surface area contributed by atoms with E-state index in [4.69, 9.17) is 10.0 Å². The largest absolute Gasteiger partial charge is 0.494 e. The smallest absolute Gasteiger partial charge is 0.423 e. The van der Waals surface area contributed by atoms with Crippen molar-refractivity contribution in [1.82, 2.24) is 0 Å². The Morgan fingerprint density at radius 2 is 1.21 bits per heavy atom. The molecule has 76 valence electrons. The molecule has 0 aliphatic carbocycles. The van der Waals surface area contributed by atoms with Gasteiger partial charge in [-0.1, -0.05) is 0 Å². The average molecular weight is 273 g/mol. The van der Waals surface area contributed by atoms with Crippen molar-refractivity contribution in [3.05, 3.63) is 27.7 Å². The summed E-state index contributed by atoms with van der Waals surface area (Å²) in [6, 6.07) is 0. The van der Waals surface area contributed by atoms with Crippen LogP contribution in [0.2, 0.25) is 0 Å². The second-order valence-corrected chi connectivity index (χ2v) is 3.15. The standard InChI is InChI=1S/C6H2BBrF4O2/c8-2-5(11)3(9)1(7(13)14)4(10)6(2)12/h13-14H. The number of benzene rings is 1. The molecule has 0 aliphatic rings. The second kappa shape index (κ2) is 3.88. The molecular formula is C6H2BBrF4O2. The Labute approximate surface area is 84.4 Å². The summed E-state index contributed by atoms with van der Waals surface area (Å²) in [5.41, 5.74) is -1.46. The third kappa shape index (κ3) is 1.64. The molecule has 0 atom stereocenters. The lowest BCUT2D eigenvalue weighted by atomic mass is 9.79. The summed E-state index contributed by atoms with van der Waals surface area (Å²) in [7, 11) is -2.62. The zero-order valence-corrected chi connectivity index (χ0v) is 7.95. The van der Waals surface area contributed by atoms with Crippen molar-refractivity contribution in [2.24, 2.45) is 0 Å². The van der Waals surface area contributed by atoms with E-state index < -0.39 is 40.3 Å². The minimum Gasteiger partial charge on any atom is -0.423 e.